The van der Waals surface area contributed by atoms with Gasteiger partial charge >= 0.3 is 11.7 Å². The standard InChI is InChI=1S/C27H30N4O3/c1-4-31(5-2)21-10-11-22-18(3)23(26(32)34-25(22)14-21)12-13-29-27(33)30-17-20-16-28-15-19-8-6-7-9-24(19)20/h6-11,14-16H,4-5,12-13,17H2,1-3H3,(H2,29,30,33). The number of aryl methyl sites for hydroxylation is 1. The molecule has 7 heteroatoms. The fourth-order valence-electron chi connectivity index (χ4n) is 4.32. The molecule has 2 aromatic carbocycles. The van der Waals surface area contributed by atoms with Gasteiger partial charge in [-0.1, -0.05) is 24.3 Å². The predicted molar refractivity (Wildman–Crippen MR) is 136 cm³/mol. The van der Waals surface area contributed by atoms with Crippen LogP contribution in [0.15, 0.2) is 64.1 Å². The van der Waals surface area contributed by atoms with Crippen molar-refractivity contribution in [2.75, 3.05) is 24.5 Å². The zero-order chi connectivity index (χ0) is 24.1. The molecule has 2 aromatic heterocycles. The number of amides is 2. The van der Waals surface area contributed by atoms with Gasteiger partial charge in [0.15, 0.2) is 0 Å². The van der Waals surface area contributed by atoms with Crippen molar-refractivity contribution in [3.8, 4) is 0 Å². The number of carbonyl (C=O) groups excluding carboxylic acids is 1. The van der Waals surface area contributed by atoms with Crippen molar-refractivity contribution in [2.24, 2.45) is 0 Å². The van der Waals surface area contributed by atoms with Crippen LogP contribution in [0, 0.1) is 6.92 Å². The number of nitrogens with one attached hydrogen (secondary N) is 2. The molecule has 2 heterocycles. The number of nitrogens with zero attached hydrogens (tertiary/aromatic N) is 2. The molecule has 0 radical (unpaired) electrons. The van der Waals surface area contributed by atoms with Crippen LogP contribution in [-0.4, -0.2) is 30.6 Å². The lowest BCUT2D eigenvalue weighted by Gasteiger charge is -2.21. The van der Waals surface area contributed by atoms with E-state index in [-0.39, 0.29) is 11.7 Å². The normalized spacial score (nSPS) is 11.0. The first-order chi connectivity index (χ1) is 16.5. The van der Waals surface area contributed by atoms with E-state index in [1.54, 1.807) is 12.4 Å². The Bertz CT molecular complexity index is 1370. The molecular weight excluding hydrogens is 428 g/mol. The number of aromatic nitrogens is 1. The molecule has 0 bridgehead atoms. The van der Waals surface area contributed by atoms with Crippen molar-refractivity contribution >= 4 is 33.5 Å². The van der Waals surface area contributed by atoms with Crippen molar-refractivity contribution in [2.45, 2.75) is 33.7 Å². The Kier molecular flexibility index (Phi) is 7.11. The molecule has 0 saturated carbocycles. The Morgan fingerprint density at radius 1 is 1.03 bits per heavy atom. The third kappa shape index (κ3) is 4.88. The fourth-order valence-corrected chi connectivity index (χ4v) is 4.32. The van der Waals surface area contributed by atoms with E-state index in [9.17, 15) is 9.59 Å². The number of pyridine rings is 1. The molecule has 0 spiro atoms. The van der Waals surface area contributed by atoms with Gasteiger partial charge in [0, 0.05) is 66.7 Å². The van der Waals surface area contributed by atoms with Gasteiger partial charge in [0.25, 0.3) is 0 Å². The van der Waals surface area contributed by atoms with E-state index in [4.69, 9.17) is 4.42 Å². The second-order valence-corrected chi connectivity index (χ2v) is 8.23. The van der Waals surface area contributed by atoms with Gasteiger partial charge < -0.3 is 20.0 Å². The lowest BCUT2D eigenvalue weighted by molar-refractivity contribution is 0.240. The number of fused-ring (bicyclic) bond motifs is 2. The topological polar surface area (TPSA) is 87.5 Å². The van der Waals surface area contributed by atoms with Crippen LogP contribution in [0.25, 0.3) is 21.7 Å². The number of hydrogen-bond donors (Lipinski definition) is 2. The summed E-state index contributed by atoms with van der Waals surface area (Å²) in [6.45, 7) is 8.59. The van der Waals surface area contributed by atoms with E-state index in [1.165, 1.54) is 0 Å². The third-order valence-corrected chi connectivity index (χ3v) is 6.25. The summed E-state index contributed by atoms with van der Waals surface area (Å²) in [7, 11) is 0. The van der Waals surface area contributed by atoms with Crippen LogP contribution in [0.5, 0.6) is 0 Å². The summed E-state index contributed by atoms with van der Waals surface area (Å²) in [4.78, 5) is 31.5. The number of anilines is 1. The first-order valence-electron chi connectivity index (χ1n) is 11.7. The van der Waals surface area contributed by atoms with E-state index < -0.39 is 0 Å². The van der Waals surface area contributed by atoms with Crippen LogP contribution < -0.4 is 21.2 Å². The van der Waals surface area contributed by atoms with Gasteiger partial charge in [-0.15, -0.1) is 0 Å². The second kappa shape index (κ2) is 10.4. The number of benzene rings is 2. The number of hydrogen-bond acceptors (Lipinski definition) is 5. The van der Waals surface area contributed by atoms with Crippen molar-refractivity contribution < 1.29 is 9.21 Å². The molecule has 0 atom stereocenters. The quantitative estimate of drug-likeness (QED) is 0.379. The average molecular weight is 459 g/mol. The lowest BCUT2D eigenvalue weighted by atomic mass is 10.0. The van der Waals surface area contributed by atoms with Gasteiger partial charge in [-0.2, -0.15) is 0 Å². The molecule has 2 amide bonds. The maximum Gasteiger partial charge on any atom is 0.339 e. The summed E-state index contributed by atoms with van der Waals surface area (Å²) in [6, 6.07) is 13.6. The van der Waals surface area contributed by atoms with Gasteiger partial charge in [0.05, 0.1) is 0 Å². The minimum Gasteiger partial charge on any atom is -0.422 e. The molecule has 176 valence electrons. The minimum absolute atomic E-state index is 0.292. The highest BCUT2D eigenvalue weighted by Crippen LogP contribution is 2.25. The molecule has 0 aliphatic heterocycles. The monoisotopic (exact) mass is 458 g/mol. The van der Waals surface area contributed by atoms with Gasteiger partial charge in [-0.05, 0) is 55.8 Å². The predicted octanol–water partition coefficient (Wildman–Crippen LogP) is 4.54. The summed E-state index contributed by atoms with van der Waals surface area (Å²) in [5.74, 6) is 0. The summed E-state index contributed by atoms with van der Waals surface area (Å²) in [6.07, 6.45) is 3.96. The SMILES string of the molecule is CCN(CC)c1ccc2c(C)c(CCNC(=O)NCc3cncc4ccccc34)c(=O)oc2c1. The van der Waals surface area contributed by atoms with E-state index >= 15 is 0 Å². The largest absolute Gasteiger partial charge is 0.422 e. The first-order valence-corrected chi connectivity index (χ1v) is 11.7. The van der Waals surface area contributed by atoms with E-state index in [0.717, 1.165) is 46.1 Å². The Morgan fingerprint density at radius 3 is 2.62 bits per heavy atom. The Morgan fingerprint density at radius 2 is 1.82 bits per heavy atom. The lowest BCUT2D eigenvalue weighted by Crippen LogP contribution is -2.36. The molecule has 4 rings (SSSR count). The third-order valence-electron chi connectivity index (χ3n) is 6.25. The number of carbonyl (C=O) groups is 1. The molecular formula is C27H30N4O3. The second-order valence-electron chi connectivity index (χ2n) is 8.23. The summed E-state index contributed by atoms with van der Waals surface area (Å²) >= 11 is 0. The maximum atomic E-state index is 12.7. The van der Waals surface area contributed by atoms with Gasteiger partial charge in [-0.3, -0.25) is 4.98 Å². The van der Waals surface area contributed by atoms with Gasteiger partial charge in [0.1, 0.15) is 5.58 Å². The molecule has 34 heavy (non-hydrogen) atoms. The Labute approximate surface area is 198 Å². The van der Waals surface area contributed by atoms with Crippen LogP contribution >= 0.6 is 0 Å². The molecule has 0 aliphatic carbocycles. The van der Waals surface area contributed by atoms with Crippen molar-refractivity contribution in [1.29, 1.82) is 0 Å². The molecule has 0 aliphatic rings. The molecule has 7 nitrogen and oxygen atoms in total. The molecule has 0 saturated heterocycles. The molecule has 0 unspecified atom stereocenters. The Balaban J connectivity index is 1.39. The average Bonchev–Trinajstić information content (AvgIpc) is 2.85. The van der Waals surface area contributed by atoms with Crippen LogP contribution in [0.3, 0.4) is 0 Å². The highest BCUT2D eigenvalue weighted by atomic mass is 16.4. The van der Waals surface area contributed by atoms with E-state index in [2.05, 4.69) is 40.4 Å². The van der Waals surface area contributed by atoms with Crippen LogP contribution in [0.2, 0.25) is 0 Å². The highest BCUT2D eigenvalue weighted by molar-refractivity contribution is 5.85. The smallest absolute Gasteiger partial charge is 0.339 e. The zero-order valence-electron chi connectivity index (χ0n) is 19.9. The summed E-state index contributed by atoms with van der Waals surface area (Å²) in [5, 5.41) is 8.71. The van der Waals surface area contributed by atoms with E-state index in [0.29, 0.717) is 30.7 Å². The molecule has 0 fully saturated rings. The summed E-state index contributed by atoms with van der Waals surface area (Å²) in [5.41, 5.74) is 3.69. The number of rotatable bonds is 8. The van der Waals surface area contributed by atoms with E-state index in [1.807, 2.05) is 43.3 Å². The maximum absolute atomic E-state index is 12.7. The fraction of sp³-hybridized carbons (Fsp3) is 0.296. The van der Waals surface area contributed by atoms with Crippen LogP contribution in [0.4, 0.5) is 10.5 Å². The van der Waals surface area contributed by atoms with Crippen LogP contribution in [-0.2, 0) is 13.0 Å². The van der Waals surface area contributed by atoms with Gasteiger partial charge in [-0.25, -0.2) is 9.59 Å². The van der Waals surface area contributed by atoms with Crippen molar-refractivity contribution in [3.63, 3.8) is 0 Å². The molecule has 2 N–H and O–H groups in total. The number of urea groups is 1. The Hall–Kier alpha value is -3.87. The van der Waals surface area contributed by atoms with Crippen molar-refractivity contribution in [3.05, 3.63) is 82.0 Å². The first kappa shape index (κ1) is 23.3. The molecule has 4 aromatic rings. The highest BCUT2D eigenvalue weighted by Gasteiger charge is 2.13. The van der Waals surface area contributed by atoms with Crippen LogP contribution in [0.1, 0.15) is 30.5 Å². The zero-order valence-corrected chi connectivity index (χ0v) is 19.9. The van der Waals surface area contributed by atoms with Gasteiger partial charge in [0.2, 0.25) is 0 Å². The summed E-state index contributed by atoms with van der Waals surface area (Å²) < 4.78 is 5.64. The van der Waals surface area contributed by atoms with Crippen molar-refractivity contribution in [1.82, 2.24) is 15.6 Å². The minimum atomic E-state index is -0.356.